The zero-order valence-electron chi connectivity index (χ0n) is 19.0. The van der Waals surface area contributed by atoms with E-state index in [0.29, 0.717) is 35.4 Å². The maximum atomic E-state index is 6.31. The maximum absolute atomic E-state index is 6.31. The van der Waals surface area contributed by atoms with Crippen LogP contribution >= 0.6 is 23.2 Å². The van der Waals surface area contributed by atoms with Crippen molar-refractivity contribution in [1.82, 2.24) is 9.97 Å². The first kappa shape index (κ1) is 24.7. The molecule has 0 aliphatic heterocycles. The fraction of sp³-hybridized carbons (Fsp3) is 0.143. The summed E-state index contributed by atoms with van der Waals surface area (Å²) in [5.41, 5.74) is 10.2. The van der Waals surface area contributed by atoms with E-state index in [4.69, 9.17) is 38.4 Å². The number of hydrogen-bond acceptors (Lipinski definition) is 5. The summed E-state index contributed by atoms with van der Waals surface area (Å²) in [5.74, 6) is 1.41. The van der Waals surface area contributed by atoms with Gasteiger partial charge in [0.15, 0.2) is 0 Å². The highest BCUT2D eigenvalue weighted by molar-refractivity contribution is 6.35. The van der Waals surface area contributed by atoms with Crippen molar-refractivity contribution in [3.63, 3.8) is 0 Å². The molecule has 0 saturated heterocycles. The number of nitrogens with zero attached hydrogens (tertiary/aromatic N) is 2. The van der Waals surface area contributed by atoms with Crippen molar-refractivity contribution < 1.29 is 9.47 Å². The second-order valence-corrected chi connectivity index (χ2v) is 8.79. The van der Waals surface area contributed by atoms with Crippen LogP contribution in [-0.2, 0) is 13.0 Å². The average molecular weight is 506 g/mol. The van der Waals surface area contributed by atoms with Crippen LogP contribution in [0, 0.1) is 0 Å². The molecule has 2 N–H and O–H groups in total. The zero-order chi connectivity index (χ0) is 24.5. The molecule has 178 valence electrons. The molecule has 0 aliphatic rings. The molecule has 1 atom stereocenters. The second-order valence-electron chi connectivity index (χ2n) is 7.98. The topological polar surface area (TPSA) is 70.3 Å². The average Bonchev–Trinajstić information content (AvgIpc) is 2.88. The molecular formula is C28H25Cl2N3O2. The van der Waals surface area contributed by atoms with E-state index in [9.17, 15) is 0 Å². The van der Waals surface area contributed by atoms with Gasteiger partial charge in [-0.15, -0.1) is 0 Å². The summed E-state index contributed by atoms with van der Waals surface area (Å²) in [7, 11) is 0. The number of nitrogens with two attached hydrogens (primary N) is 1. The molecule has 4 aromatic rings. The van der Waals surface area contributed by atoms with E-state index in [1.807, 2.05) is 60.7 Å². The Morgan fingerprint density at radius 2 is 1.51 bits per heavy atom. The minimum absolute atomic E-state index is 0.167. The predicted molar refractivity (Wildman–Crippen MR) is 142 cm³/mol. The first-order valence-electron chi connectivity index (χ1n) is 11.1. The molecule has 0 bridgehead atoms. The second kappa shape index (κ2) is 12.4. The lowest BCUT2D eigenvalue weighted by Crippen LogP contribution is -2.30. The van der Waals surface area contributed by atoms with E-state index in [2.05, 4.69) is 9.97 Å². The highest BCUT2D eigenvalue weighted by Crippen LogP contribution is 2.26. The summed E-state index contributed by atoms with van der Waals surface area (Å²) in [5, 5.41) is 1.18. The molecule has 0 unspecified atom stereocenters. The van der Waals surface area contributed by atoms with Gasteiger partial charge < -0.3 is 15.2 Å². The highest BCUT2D eigenvalue weighted by Gasteiger charge is 2.08. The SMILES string of the molecule is N[C@H](COc1cncc(C=Cc2ccncc2)c1)Cc1ccc(OCc2c(Cl)cccc2Cl)cc1. The lowest BCUT2D eigenvalue weighted by molar-refractivity contribution is 0.286. The third kappa shape index (κ3) is 7.55. The van der Waals surface area contributed by atoms with Crippen molar-refractivity contribution in [2.24, 2.45) is 5.73 Å². The van der Waals surface area contributed by atoms with Crippen LogP contribution in [0.1, 0.15) is 22.3 Å². The molecule has 0 fully saturated rings. The molecule has 0 radical (unpaired) electrons. The minimum atomic E-state index is -0.167. The van der Waals surface area contributed by atoms with Gasteiger partial charge in [-0.2, -0.15) is 0 Å². The molecule has 7 heteroatoms. The summed E-state index contributed by atoms with van der Waals surface area (Å²) >= 11 is 12.4. The Morgan fingerprint density at radius 1 is 0.800 bits per heavy atom. The Morgan fingerprint density at radius 3 is 2.26 bits per heavy atom. The monoisotopic (exact) mass is 505 g/mol. The van der Waals surface area contributed by atoms with Crippen LogP contribution < -0.4 is 15.2 Å². The third-order valence-electron chi connectivity index (χ3n) is 5.24. The van der Waals surface area contributed by atoms with E-state index in [1.54, 1.807) is 36.9 Å². The van der Waals surface area contributed by atoms with Crippen molar-refractivity contribution in [2.75, 3.05) is 6.61 Å². The largest absolute Gasteiger partial charge is 0.490 e. The van der Waals surface area contributed by atoms with Crippen LogP contribution in [0.2, 0.25) is 10.0 Å². The molecular weight excluding hydrogens is 481 g/mol. The van der Waals surface area contributed by atoms with Crippen LogP contribution in [0.3, 0.4) is 0 Å². The van der Waals surface area contributed by atoms with Gasteiger partial charge in [0.05, 0.1) is 6.20 Å². The molecule has 0 saturated carbocycles. The van der Waals surface area contributed by atoms with Crippen molar-refractivity contribution in [2.45, 2.75) is 19.1 Å². The van der Waals surface area contributed by atoms with Crippen LogP contribution in [0.25, 0.3) is 12.2 Å². The van der Waals surface area contributed by atoms with Gasteiger partial charge in [0, 0.05) is 40.2 Å². The van der Waals surface area contributed by atoms with E-state index >= 15 is 0 Å². The zero-order valence-corrected chi connectivity index (χ0v) is 20.5. The third-order valence-corrected chi connectivity index (χ3v) is 5.95. The van der Waals surface area contributed by atoms with E-state index in [1.165, 1.54) is 0 Å². The molecule has 2 heterocycles. The first-order valence-corrected chi connectivity index (χ1v) is 11.9. The number of rotatable bonds is 10. The Bertz CT molecular complexity index is 1240. The number of ether oxygens (including phenoxy) is 2. The molecule has 2 aromatic heterocycles. The molecule has 2 aromatic carbocycles. The summed E-state index contributed by atoms with van der Waals surface area (Å²) in [4.78, 5) is 8.28. The molecule has 5 nitrogen and oxygen atoms in total. The molecule has 0 amide bonds. The maximum Gasteiger partial charge on any atom is 0.138 e. The van der Waals surface area contributed by atoms with Gasteiger partial charge in [-0.1, -0.05) is 53.6 Å². The van der Waals surface area contributed by atoms with Gasteiger partial charge in [-0.25, -0.2) is 0 Å². The lowest BCUT2D eigenvalue weighted by Gasteiger charge is -2.14. The Hall–Kier alpha value is -3.38. The normalized spacial score (nSPS) is 12.0. The lowest BCUT2D eigenvalue weighted by atomic mass is 10.1. The van der Waals surface area contributed by atoms with Crippen LogP contribution in [0.5, 0.6) is 11.5 Å². The summed E-state index contributed by atoms with van der Waals surface area (Å²) < 4.78 is 11.7. The van der Waals surface area contributed by atoms with Gasteiger partial charge >= 0.3 is 0 Å². The van der Waals surface area contributed by atoms with E-state index in [0.717, 1.165) is 28.0 Å². The quantitative estimate of drug-likeness (QED) is 0.267. The number of aromatic nitrogens is 2. The number of pyridine rings is 2. The van der Waals surface area contributed by atoms with Crippen molar-refractivity contribution in [3.05, 3.63) is 118 Å². The highest BCUT2D eigenvalue weighted by atomic mass is 35.5. The summed E-state index contributed by atoms with van der Waals surface area (Å²) in [6.45, 7) is 0.679. The smallest absolute Gasteiger partial charge is 0.138 e. The van der Waals surface area contributed by atoms with E-state index in [-0.39, 0.29) is 6.04 Å². The standard InChI is InChI=1S/C28H25Cl2N3O2/c29-27-2-1-3-28(30)26(27)19-35-24-8-6-21(7-9-24)14-23(31)18-34-25-15-22(16-33-17-25)5-4-20-10-12-32-13-11-20/h1-13,15-17,23H,14,18-19,31H2/t23-/m0/s1. The van der Waals surface area contributed by atoms with Crippen LogP contribution in [0.4, 0.5) is 0 Å². The van der Waals surface area contributed by atoms with Gasteiger partial charge in [0.2, 0.25) is 0 Å². The van der Waals surface area contributed by atoms with Gasteiger partial charge in [-0.05, 0) is 65.6 Å². The summed E-state index contributed by atoms with van der Waals surface area (Å²) in [6, 6.07) is 18.9. The predicted octanol–water partition coefficient (Wildman–Crippen LogP) is 6.48. The van der Waals surface area contributed by atoms with Gasteiger partial charge in [0.1, 0.15) is 24.7 Å². The summed E-state index contributed by atoms with van der Waals surface area (Å²) in [6.07, 6.45) is 11.7. The number of halogens is 2. The molecule has 4 rings (SSSR count). The van der Waals surface area contributed by atoms with Crippen molar-refractivity contribution >= 4 is 35.4 Å². The molecule has 0 spiro atoms. The Kier molecular flexibility index (Phi) is 8.74. The van der Waals surface area contributed by atoms with Crippen molar-refractivity contribution in [1.29, 1.82) is 0 Å². The molecule has 35 heavy (non-hydrogen) atoms. The minimum Gasteiger partial charge on any atom is -0.490 e. The van der Waals surface area contributed by atoms with Crippen LogP contribution in [-0.4, -0.2) is 22.6 Å². The Balaban J connectivity index is 1.26. The van der Waals surface area contributed by atoms with Gasteiger partial charge in [0.25, 0.3) is 0 Å². The fourth-order valence-corrected chi connectivity index (χ4v) is 3.89. The fourth-order valence-electron chi connectivity index (χ4n) is 3.39. The molecule has 0 aliphatic carbocycles. The van der Waals surface area contributed by atoms with Crippen LogP contribution in [0.15, 0.2) is 85.5 Å². The van der Waals surface area contributed by atoms with Crippen molar-refractivity contribution in [3.8, 4) is 11.5 Å². The number of benzene rings is 2. The Labute approximate surface area is 215 Å². The number of hydrogen-bond donors (Lipinski definition) is 1. The van der Waals surface area contributed by atoms with E-state index < -0.39 is 0 Å². The van der Waals surface area contributed by atoms with Gasteiger partial charge in [-0.3, -0.25) is 9.97 Å². The first-order chi connectivity index (χ1) is 17.1.